The van der Waals surface area contributed by atoms with Gasteiger partial charge in [-0.05, 0) is 43.7 Å². The van der Waals surface area contributed by atoms with Gasteiger partial charge in [0.1, 0.15) is 5.75 Å². The smallest absolute Gasteiger partial charge is 0.406 e. The quantitative estimate of drug-likeness (QED) is 0.444. The Morgan fingerprint density at radius 3 is 2.52 bits per heavy atom. The van der Waals surface area contributed by atoms with Crippen LogP contribution < -0.4 is 15.8 Å². The number of rotatable bonds is 7. The number of aliphatic imine (C=N–C) groups is 1. The van der Waals surface area contributed by atoms with Crippen LogP contribution in [0.5, 0.6) is 5.75 Å². The van der Waals surface area contributed by atoms with Crippen molar-refractivity contribution in [2.24, 2.45) is 10.7 Å². The minimum Gasteiger partial charge on any atom is -0.406 e. The SMILES string of the molecule is NC(=NCCCCN1CCOCC1)Nc1ccc(OC(F)(F)F)cc1. The third-order valence-electron chi connectivity index (χ3n) is 3.63. The van der Waals surface area contributed by atoms with Crippen molar-refractivity contribution in [1.29, 1.82) is 0 Å². The number of unbranched alkanes of at least 4 members (excludes halogenated alkanes) is 1. The summed E-state index contributed by atoms with van der Waals surface area (Å²) in [6.45, 7) is 5.15. The summed E-state index contributed by atoms with van der Waals surface area (Å²) >= 11 is 0. The van der Waals surface area contributed by atoms with Gasteiger partial charge in [-0.25, -0.2) is 0 Å². The summed E-state index contributed by atoms with van der Waals surface area (Å²) in [5, 5.41) is 2.84. The van der Waals surface area contributed by atoms with Gasteiger partial charge in [0.2, 0.25) is 0 Å². The van der Waals surface area contributed by atoms with E-state index in [1.807, 2.05) is 0 Å². The lowest BCUT2D eigenvalue weighted by atomic mass is 10.3. The summed E-state index contributed by atoms with van der Waals surface area (Å²) in [5.74, 6) is -0.0486. The van der Waals surface area contributed by atoms with Crippen LogP contribution in [-0.2, 0) is 4.74 Å². The highest BCUT2D eigenvalue weighted by Gasteiger charge is 2.30. The zero-order chi connectivity index (χ0) is 18.1. The molecule has 9 heteroatoms. The summed E-state index contributed by atoms with van der Waals surface area (Å²) in [6, 6.07) is 5.32. The van der Waals surface area contributed by atoms with Crippen LogP contribution in [0, 0.1) is 0 Å². The molecule has 0 radical (unpaired) electrons. The molecule has 0 aromatic heterocycles. The zero-order valence-corrected chi connectivity index (χ0v) is 13.9. The van der Waals surface area contributed by atoms with Crippen LogP contribution in [0.4, 0.5) is 18.9 Å². The van der Waals surface area contributed by atoms with Crippen molar-refractivity contribution in [2.75, 3.05) is 44.7 Å². The third kappa shape index (κ3) is 8.08. The highest BCUT2D eigenvalue weighted by atomic mass is 19.4. The molecule has 1 fully saturated rings. The molecule has 0 spiro atoms. The molecular formula is C16H23F3N4O2. The second-order valence-corrected chi connectivity index (χ2v) is 5.63. The predicted molar refractivity (Wildman–Crippen MR) is 89.7 cm³/mol. The number of ether oxygens (including phenoxy) is 2. The number of anilines is 1. The first-order valence-corrected chi connectivity index (χ1v) is 8.15. The lowest BCUT2D eigenvalue weighted by Crippen LogP contribution is -2.36. The molecule has 1 saturated heterocycles. The van der Waals surface area contributed by atoms with E-state index in [2.05, 4.69) is 19.9 Å². The van der Waals surface area contributed by atoms with Gasteiger partial charge in [-0.3, -0.25) is 9.89 Å². The van der Waals surface area contributed by atoms with E-state index in [4.69, 9.17) is 10.5 Å². The van der Waals surface area contributed by atoms with Crippen molar-refractivity contribution in [3.05, 3.63) is 24.3 Å². The van der Waals surface area contributed by atoms with Crippen LogP contribution in [0.15, 0.2) is 29.3 Å². The summed E-state index contributed by atoms with van der Waals surface area (Å²) in [7, 11) is 0. The molecule has 1 aromatic rings. The molecule has 0 unspecified atom stereocenters. The van der Waals surface area contributed by atoms with E-state index in [9.17, 15) is 13.2 Å². The topological polar surface area (TPSA) is 72.1 Å². The van der Waals surface area contributed by atoms with E-state index in [-0.39, 0.29) is 11.7 Å². The fourth-order valence-corrected chi connectivity index (χ4v) is 2.40. The number of guanidine groups is 1. The van der Waals surface area contributed by atoms with Gasteiger partial charge in [0.05, 0.1) is 13.2 Å². The molecule has 1 heterocycles. The summed E-state index contributed by atoms with van der Waals surface area (Å²) in [5.41, 5.74) is 6.32. The Morgan fingerprint density at radius 2 is 1.88 bits per heavy atom. The number of nitrogens with two attached hydrogens (primary N) is 1. The lowest BCUT2D eigenvalue weighted by molar-refractivity contribution is -0.274. The number of nitrogens with one attached hydrogen (secondary N) is 1. The van der Waals surface area contributed by atoms with Gasteiger partial charge in [0.25, 0.3) is 0 Å². The van der Waals surface area contributed by atoms with Gasteiger partial charge in [-0.2, -0.15) is 0 Å². The Morgan fingerprint density at radius 1 is 1.20 bits per heavy atom. The van der Waals surface area contributed by atoms with Crippen LogP contribution in [0.2, 0.25) is 0 Å². The Labute approximate surface area is 144 Å². The number of hydrogen-bond acceptors (Lipinski definition) is 4. The van der Waals surface area contributed by atoms with Gasteiger partial charge >= 0.3 is 6.36 Å². The van der Waals surface area contributed by atoms with Gasteiger partial charge in [0.15, 0.2) is 5.96 Å². The fourth-order valence-electron chi connectivity index (χ4n) is 2.40. The lowest BCUT2D eigenvalue weighted by Gasteiger charge is -2.26. The number of nitrogens with zero attached hydrogens (tertiary/aromatic N) is 2. The molecule has 3 N–H and O–H groups in total. The van der Waals surface area contributed by atoms with Crippen LogP contribution in [0.3, 0.4) is 0 Å². The normalized spacial score (nSPS) is 16.7. The van der Waals surface area contributed by atoms with Crippen molar-refractivity contribution in [3.8, 4) is 5.75 Å². The fraction of sp³-hybridized carbons (Fsp3) is 0.562. The largest absolute Gasteiger partial charge is 0.573 e. The molecular weight excluding hydrogens is 337 g/mol. The van der Waals surface area contributed by atoms with E-state index in [0.29, 0.717) is 12.2 Å². The number of hydrogen-bond donors (Lipinski definition) is 2. The van der Waals surface area contributed by atoms with E-state index in [0.717, 1.165) is 45.7 Å². The van der Waals surface area contributed by atoms with Crippen molar-refractivity contribution >= 4 is 11.6 Å². The average molecular weight is 360 g/mol. The number of morpholine rings is 1. The van der Waals surface area contributed by atoms with Crippen molar-refractivity contribution in [2.45, 2.75) is 19.2 Å². The van der Waals surface area contributed by atoms with Gasteiger partial charge in [-0.1, -0.05) is 0 Å². The molecule has 0 amide bonds. The van der Waals surface area contributed by atoms with Crippen LogP contribution in [0.1, 0.15) is 12.8 Å². The maximum Gasteiger partial charge on any atom is 0.573 e. The second kappa shape index (κ2) is 9.47. The first-order valence-electron chi connectivity index (χ1n) is 8.15. The summed E-state index contributed by atoms with van der Waals surface area (Å²) in [4.78, 5) is 6.57. The Hall–Kier alpha value is -2.00. The summed E-state index contributed by atoms with van der Waals surface area (Å²) in [6.07, 6.45) is -2.75. The van der Waals surface area contributed by atoms with Gasteiger partial charge < -0.3 is 20.5 Å². The van der Waals surface area contributed by atoms with E-state index in [1.54, 1.807) is 0 Å². The molecule has 25 heavy (non-hydrogen) atoms. The van der Waals surface area contributed by atoms with E-state index < -0.39 is 6.36 Å². The molecule has 2 rings (SSSR count). The molecule has 0 bridgehead atoms. The monoisotopic (exact) mass is 360 g/mol. The molecule has 1 aliphatic heterocycles. The molecule has 0 saturated carbocycles. The standard InChI is InChI=1S/C16H23F3N4O2/c17-16(18,19)25-14-5-3-13(4-6-14)22-15(20)21-7-1-2-8-23-9-11-24-12-10-23/h3-6H,1-2,7-12H2,(H3,20,21,22). The average Bonchev–Trinajstić information content (AvgIpc) is 2.56. The first-order chi connectivity index (χ1) is 11.9. The zero-order valence-electron chi connectivity index (χ0n) is 13.9. The van der Waals surface area contributed by atoms with E-state index in [1.165, 1.54) is 24.3 Å². The number of alkyl halides is 3. The van der Waals surface area contributed by atoms with Crippen LogP contribution >= 0.6 is 0 Å². The van der Waals surface area contributed by atoms with Crippen molar-refractivity contribution in [1.82, 2.24) is 4.90 Å². The highest BCUT2D eigenvalue weighted by molar-refractivity contribution is 5.92. The first kappa shape index (κ1) is 19.3. The highest BCUT2D eigenvalue weighted by Crippen LogP contribution is 2.23. The predicted octanol–water partition coefficient (Wildman–Crippen LogP) is 2.42. The Kier molecular flexibility index (Phi) is 7.32. The molecule has 0 atom stereocenters. The van der Waals surface area contributed by atoms with Crippen LogP contribution in [0.25, 0.3) is 0 Å². The second-order valence-electron chi connectivity index (χ2n) is 5.63. The molecule has 140 valence electrons. The molecule has 0 aliphatic carbocycles. The maximum atomic E-state index is 12.1. The third-order valence-corrected chi connectivity index (χ3v) is 3.63. The number of halogens is 3. The van der Waals surface area contributed by atoms with E-state index >= 15 is 0 Å². The minimum atomic E-state index is -4.70. The number of benzene rings is 1. The van der Waals surface area contributed by atoms with Gasteiger partial charge in [-0.15, -0.1) is 13.2 Å². The Bertz CT molecular complexity index is 543. The molecule has 6 nitrogen and oxygen atoms in total. The summed E-state index contributed by atoms with van der Waals surface area (Å²) < 4.78 is 45.4. The molecule has 1 aliphatic rings. The minimum absolute atomic E-state index is 0.232. The van der Waals surface area contributed by atoms with Crippen molar-refractivity contribution < 1.29 is 22.6 Å². The Balaban J connectivity index is 1.66. The van der Waals surface area contributed by atoms with Crippen molar-refractivity contribution in [3.63, 3.8) is 0 Å². The van der Waals surface area contributed by atoms with Gasteiger partial charge in [0, 0.05) is 25.3 Å². The maximum absolute atomic E-state index is 12.1. The van der Waals surface area contributed by atoms with Crippen LogP contribution in [-0.4, -0.2) is 56.6 Å². The molecule has 1 aromatic carbocycles.